The van der Waals surface area contributed by atoms with Crippen LogP contribution in [0.25, 0.3) is 0 Å². The zero-order valence-corrected chi connectivity index (χ0v) is 10.5. The van der Waals surface area contributed by atoms with E-state index in [1.807, 2.05) is 13.0 Å². The van der Waals surface area contributed by atoms with E-state index in [1.54, 1.807) is 12.1 Å². The fraction of sp³-hybridized carbons (Fsp3) is 0.538. The van der Waals surface area contributed by atoms with E-state index in [0.717, 1.165) is 31.2 Å². The SMILES string of the molecule is Cc1ccc(NCC2(O)CCCC2)c([N+](=O)[O-])c1. The van der Waals surface area contributed by atoms with E-state index < -0.39 is 10.5 Å². The number of nitro benzene ring substituents is 1. The molecule has 1 aromatic rings. The first kappa shape index (κ1) is 12.8. The lowest BCUT2D eigenvalue weighted by Gasteiger charge is -2.22. The number of nitro groups is 1. The van der Waals surface area contributed by atoms with E-state index >= 15 is 0 Å². The average molecular weight is 250 g/mol. The summed E-state index contributed by atoms with van der Waals surface area (Å²) in [5.74, 6) is 0. The number of hydrogen-bond donors (Lipinski definition) is 2. The highest BCUT2D eigenvalue weighted by Crippen LogP contribution is 2.31. The second-order valence-electron chi connectivity index (χ2n) is 5.06. The fourth-order valence-electron chi connectivity index (χ4n) is 2.41. The molecule has 0 unspecified atom stereocenters. The highest BCUT2D eigenvalue weighted by Gasteiger charge is 2.31. The Morgan fingerprint density at radius 1 is 1.44 bits per heavy atom. The van der Waals surface area contributed by atoms with Crippen molar-refractivity contribution in [2.24, 2.45) is 0 Å². The van der Waals surface area contributed by atoms with Gasteiger partial charge in [0.1, 0.15) is 5.69 Å². The first-order valence-corrected chi connectivity index (χ1v) is 6.21. The van der Waals surface area contributed by atoms with Crippen LogP contribution in [0, 0.1) is 17.0 Å². The van der Waals surface area contributed by atoms with Gasteiger partial charge >= 0.3 is 0 Å². The number of nitrogens with one attached hydrogen (secondary N) is 1. The molecule has 1 aliphatic rings. The van der Waals surface area contributed by atoms with Gasteiger partial charge in [-0.3, -0.25) is 10.1 Å². The lowest BCUT2D eigenvalue weighted by atomic mass is 10.0. The summed E-state index contributed by atoms with van der Waals surface area (Å²) in [5, 5.41) is 24.2. The van der Waals surface area contributed by atoms with E-state index in [2.05, 4.69) is 5.32 Å². The van der Waals surface area contributed by atoms with Crippen LogP contribution in [0.4, 0.5) is 11.4 Å². The summed E-state index contributed by atoms with van der Waals surface area (Å²) < 4.78 is 0. The molecule has 0 aromatic heterocycles. The van der Waals surface area contributed by atoms with Crippen LogP contribution in [0.1, 0.15) is 31.2 Å². The van der Waals surface area contributed by atoms with Gasteiger partial charge in [-0.15, -0.1) is 0 Å². The molecule has 0 amide bonds. The molecule has 0 atom stereocenters. The second-order valence-corrected chi connectivity index (χ2v) is 5.06. The van der Waals surface area contributed by atoms with Crippen molar-refractivity contribution in [2.75, 3.05) is 11.9 Å². The predicted molar refractivity (Wildman–Crippen MR) is 69.7 cm³/mol. The van der Waals surface area contributed by atoms with Gasteiger partial charge in [-0.05, 0) is 31.4 Å². The first-order valence-electron chi connectivity index (χ1n) is 6.21. The molecule has 1 aliphatic carbocycles. The number of aryl methyl sites for hydroxylation is 1. The summed E-state index contributed by atoms with van der Waals surface area (Å²) >= 11 is 0. The Morgan fingerprint density at radius 2 is 2.11 bits per heavy atom. The normalized spacial score (nSPS) is 17.7. The molecular weight excluding hydrogens is 232 g/mol. The van der Waals surface area contributed by atoms with Crippen LogP contribution in [0.5, 0.6) is 0 Å². The molecular formula is C13H18N2O3. The van der Waals surface area contributed by atoms with E-state index in [4.69, 9.17) is 0 Å². The monoisotopic (exact) mass is 250 g/mol. The minimum atomic E-state index is -0.710. The topological polar surface area (TPSA) is 75.4 Å². The number of hydrogen-bond acceptors (Lipinski definition) is 4. The van der Waals surface area contributed by atoms with Crippen molar-refractivity contribution in [3.05, 3.63) is 33.9 Å². The molecule has 1 fully saturated rings. The Kier molecular flexibility index (Phi) is 3.52. The minimum absolute atomic E-state index is 0.0663. The zero-order valence-electron chi connectivity index (χ0n) is 10.5. The number of rotatable bonds is 4. The summed E-state index contributed by atoms with van der Waals surface area (Å²) in [7, 11) is 0. The Balaban J connectivity index is 2.11. The molecule has 2 rings (SSSR count). The number of nitrogens with zero attached hydrogens (tertiary/aromatic N) is 1. The third kappa shape index (κ3) is 2.79. The van der Waals surface area contributed by atoms with E-state index in [0.29, 0.717) is 12.2 Å². The molecule has 2 N–H and O–H groups in total. The van der Waals surface area contributed by atoms with Crippen LogP contribution in [-0.4, -0.2) is 22.2 Å². The third-order valence-corrected chi connectivity index (χ3v) is 3.49. The Bertz CT molecular complexity index is 454. The van der Waals surface area contributed by atoms with Gasteiger partial charge in [-0.25, -0.2) is 0 Å². The van der Waals surface area contributed by atoms with Gasteiger partial charge in [0, 0.05) is 12.6 Å². The Hall–Kier alpha value is -1.62. The highest BCUT2D eigenvalue weighted by molar-refractivity contribution is 5.62. The maximum Gasteiger partial charge on any atom is 0.292 e. The van der Waals surface area contributed by atoms with Crippen molar-refractivity contribution in [1.29, 1.82) is 0 Å². The summed E-state index contributed by atoms with van der Waals surface area (Å²) in [5.41, 5.74) is 0.688. The molecule has 0 aliphatic heterocycles. The molecule has 1 aromatic carbocycles. The quantitative estimate of drug-likeness (QED) is 0.636. The third-order valence-electron chi connectivity index (χ3n) is 3.49. The smallest absolute Gasteiger partial charge is 0.292 e. The largest absolute Gasteiger partial charge is 0.388 e. The lowest BCUT2D eigenvalue weighted by Crippen LogP contribution is -2.33. The molecule has 0 saturated heterocycles. The minimum Gasteiger partial charge on any atom is -0.388 e. The molecule has 5 heteroatoms. The van der Waals surface area contributed by atoms with Crippen molar-refractivity contribution in [3.8, 4) is 0 Å². The number of benzene rings is 1. The maximum absolute atomic E-state index is 11.0. The van der Waals surface area contributed by atoms with Crippen LogP contribution >= 0.6 is 0 Å². The van der Waals surface area contributed by atoms with Crippen molar-refractivity contribution in [2.45, 2.75) is 38.2 Å². The van der Waals surface area contributed by atoms with Gasteiger partial charge < -0.3 is 10.4 Å². The summed E-state index contributed by atoms with van der Waals surface area (Å²) in [4.78, 5) is 10.6. The van der Waals surface area contributed by atoms with Crippen LogP contribution in [0.3, 0.4) is 0 Å². The van der Waals surface area contributed by atoms with Gasteiger partial charge in [0.2, 0.25) is 0 Å². The number of anilines is 1. The molecule has 0 bridgehead atoms. The number of aliphatic hydroxyl groups is 1. The van der Waals surface area contributed by atoms with Crippen LogP contribution in [0.2, 0.25) is 0 Å². The Labute approximate surface area is 106 Å². The van der Waals surface area contributed by atoms with Gasteiger partial charge in [0.15, 0.2) is 0 Å². The van der Waals surface area contributed by atoms with Crippen molar-refractivity contribution < 1.29 is 10.0 Å². The predicted octanol–water partition coefficient (Wildman–Crippen LogP) is 2.62. The molecule has 98 valence electrons. The first-order chi connectivity index (χ1) is 8.50. The maximum atomic E-state index is 11.0. The average Bonchev–Trinajstić information content (AvgIpc) is 2.75. The van der Waals surface area contributed by atoms with Crippen molar-refractivity contribution >= 4 is 11.4 Å². The summed E-state index contributed by atoms with van der Waals surface area (Å²) in [6.45, 7) is 2.19. The van der Waals surface area contributed by atoms with Gasteiger partial charge in [-0.1, -0.05) is 18.9 Å². The molecule has 5 nitrogen and oxygen atoms in total. The molecule has 18 heavy (non-hydrogen) atoms. The summed E-state index contributed by atoms with van der Waals surface area (Å²) in [6, 6.07) is 5.07. The molecule has 1 saturated carbocycles. The van der Waals surface area contributed by atoms with Crippen molar-refractivity contribution in [1.82, 2.24) is 0 Å². The van der Waals surface area contributed by atoms with Gasteiger partial charge in [0.05, 0.1) is 10.5 Å². The molecule has 0 heterocycles. The van der Waals surface area contributed by atoms with Crippen LogP contribution in [-0.2, 0) is 0 Å². The van der Waals surface area contributed by atoms with Gasteiger partial charge in [-0.2, -0.15) is 0 Å². The highest BCUT2D eigenvalue weighted by atomic mass is 16.6. The second kappa shape index (κ2) is 4.94. The van der Waals surface area contributed by atoms with Crippen LogP contribution < -0.4 is 5.32 Å². The molecule has 0 radical (unpaired) electrons. The zero-order chi connectivity index (χ0) is 13.2. The van der Waals surface area contributed by atoms with Gasteiger partial charge in [0.25, 0.3) is 5.69 Å². The van der Waals surface area contributed by atoms with E-state index in [9.17, 15) is 15.2 Å². The molecule has 0 spiro atoms. The summed E-state index contributed by atoms with van der Waals surface area (Å²) in [6.07, 6.45) is 3.57. The van der Waals surface area contributed by atoms with Crippen LogP contribution in [0.15, 0.2) is 18.2 Å². The fourth-order valence-corrected chi connectivity index (χ4v) is 2.41. The van der Waals surface area contributed by atoms with Crippen molar-refractivity contribution in [3.63, 3.8) is 0 Å². The Morgan fingerprint density at radius 3 is 2.72 bits per heavy atom. The van der Waals surface area contributed by atoms with E-state index in [1.165, 1.54) is 0 Å². The lowest BCUT2D eigenvalue weighted by molar-refractivity contribution is -0.384. The van der Waals surface area contributed by atoms with E-state index in [-0.39, 0.29) is 5.69 Å². The standard InChI is InChI=1S/C13H18N2O3/c1-10-4-5-11(12(8-10)15(17)18)14-9-13(16)6-2-3-7-13/h4-5,8,14,16H,2-3,6-7,9H2,1H3.